The summed E-state index contributed by atoms with van der Waals surface area (Å²) in [5, 5.41) is 10.2. The second-order valence-electron chi connectivity index (χ2n) is 3.85. The predicted octanol–water partition coefficient (Wildman–Crippen LogP) is 4.03. The molecule has 0 amide bonds. The van der Waals surface area contributed by atoms with Gasteiger partial charge in [-0.1, -0.05) is 17.7 Å². The highest BCUT2D eigenvalue weighted by Crippen LogP contribution is 2.34. The molecular weight excluding hydrogens is 236 g/mol. The van der Waals surface area contributed by atoms with Crippen LogP contribution in [0.1, 0.15) is 5.56 Å². The van der Waals surface area contributed by atoms with E-state index in [1.807, 2.05) is 31.2 Å². The largest absolute Gasteiger partial charge is 0.508 e. The summed E-state index contributed by atoms with van der Waals surface area (Å²) in [7, 11) is 1.63. The van der Waals surface area contributed by atoms with Gasteiger partial charge in [0.15, 0.2) is 0 Å². The molecule has 2 aromatic carbocycles. The summed E-state index contributed by atoms with van der Waals surface area (Å²) in [6, 6.07) is 10.9. The van der Waals surface area contributed by atoms with Gasteiger partial charge in [0, 0.05) is 10.6 Å². The smallest absolute Gasteiger partial charge is 0.126 e. The van der Waals surface area contributed by atoms with E-state index in [0.717, 1.165) is 22.4 Å². The Bertz CT molecular complexity index is 550. The number of rotatable bonds is 2. The van der Waals surface area contributed by atoms with E-state index in [1.54, 1.807) is 19.2 Å². The lowest BCUT2D eigenvalue weighted by Gasteiger charge is -2.10. The van der Waals surface area contributed by atoms with Crippen LogP contribution in [0.5, 0.6) is 11.5 Å². The number of ether oxygens (including phenoxy) is 1. The highest BCUT2D eigenvalue weighted by atomic mass is 35.5. The Labute approximate surface area is 105 Å². The van der Waals surface area contributed by atoms with E-state index < -0.39 is 0 Å². The number of methoxy groups -OCH3 is 1. The molecule has 0 fully saturated rings. The minimum Gasteiger partial charge on any atom is -0.508 e. The summed E-state index contributed by atoms with van der Waals surface area (Å²) in [6.07, 6.45) is 0. The van der Waals surface area contributed by atoms with Gasteiger partial charge in [0.1, 0.15) is 11.5 Å². The minimum atomic E-state index is 0.287. The van der Waals surface area contributed by atoms with Crippen LogP contribution in [0.3, 0.4) is 0 Å². The van der Waals surface area contributed by atoms with Crippen molar-refractivity contribution in [2.45, 2.75) is 6.92 Å². The van der Waals surface area contributed by atoms with Crippen LogP contribution in [0, 0.1) is 6.92 Å². The SMILES string of the molecule is COc1ccc(Cl)cc1-c1ccc(O)c(C)c1. The first-order valence-corrected chi connectivity index (χ1v) is 5.63. The number of phenols is 1. The van der Waals surface area contributed by atoms with Gasteiger partial charge in [-0.3, -0.25) is 0 Å². The van der Waals surface area contributed by atoms with Gasteiger partial charge in [0.25, 0.3) is 0 Å². The highest BCUT2D eigenvalue weighted by molar-refractivity contribution is 6.31. The number of benzene rings is 2. The van der Waals surface area contributed by atoms with Crippen molar-refractivity contribution < 1.29 is 9.84 Å². The number of hydrogen-bond acceptors (Lipinski definition) is 2. The molecule has 0 aliphatic heterocycles. The molecule has 0 radical (unpaired) electrons. The quantitative estimate of drug-likeness (QED) is 0.870. The Hall–Kier alpha value is -1.67. The molecule has 0 bridgehead atoms. The standard InChI is InChI=1S/C14H13ClO2/c1-9-7-10(3-5-13(9)16)12-8-11(15)4-6-14(12)17-2/h3-8,16H,1-2H3. The van der Waals surface area contributed by atoms with Gasteiger partial charge >= 0.3 is 0 Å². The Balaban J connectivity index is 2.58. The summed E-state index contributed by atoms with van der Waals surface area (Å²) >= 11 is 5.99. The third kappa shape index (κ3) is 2.37. The Morgan fingerprint density at radius 2 is 1.88 bits per heavy atom. The summed E-state index contributed by atoms with van der Waals surface area (Å²) in [5.41, 5.74) is 2.72. The third-order valence-corrected chi connectivity index (χ3v) is 2.90. The van der Waals surface area contributed by atoms with E-state index in [2.05, 4.69) is 0 Å². The number of aryl methyl sites for hydroxylation is 1. The molecule has 17 heavy (non-hydrogen) atoms. The van der Waals surface area contributed by atoms with Crippen molar-refractivity contribution in [1.29, 1.82) is 0 Å². The zero-order valence-corrected chi connectivity index (χ0v) is 10.5. The van der Waals surface area contributed by atoms with E-state index in [-0.39, 0.29) is 5.75 Å². The number of halogens is 1. The monoisotopic (exact) mass is 248 g/mol. The number of aromatic hydroxyl groups is 1. The molecule has 0 atom stereocenters. The van der Waals surface area contributed by atoms with E-state index in [1.165, 1.54) is 0 Å². The fourth-order valence-electron chi connectivity index (χ4n) is 1.73. The fourth-order valence-corrected chi connectivity index (χ4v) is 1.90. The van der Waals surface area contributed by atoms with Crippen molar-refractivity contribution in [3.05, 3.63) is 47.0 Å². The van der Waals surface area contributed by atoms with E-state index in [9.17, 15) is 5.11 Å². The second-order valence-corrected chi connectivity index (χ2v) is 4.28. The van der Waals surface area contributed by atoms with Crippen molar-refractivity contribution in [1.82, 2.24) is 0 Å². The molecule has 2 rings (SSSR count). The maximum atomic E-state index is 9.51. The molecule has 0 unspecified atom stereocenters. The van der Waals surface area contributed by atoms with E-state index >= 15 is 0 Å². The molecule has 0 spiro atoms. The lowest BCUT2D eigenvalue weighted by molar-refractivity contribution is 0.416. The van der Waals surface area contributed by atoms with Crippen LogP contribution >= 0.6 is 11.6 Å². The number of phenolic OH excluding ortho intramolecular Hbond substituents is 1. The summed E-state index contributed by atoms with van der Waals surface area (Å²) < 4.78 is 5.30. The van der Waals surface area contributed by atoms with Gasteiger partial charge in [-0.25, -0.2) is 0 Å². The van der Waals surface area contributed by atoms with Gasteiger partial charge in [0.2, 0.25) is 0 Å². The average Bonchev–Trinajstić information content (AvgIpc) is 2.32. The first-order chi connectivity index (χ1) is 8.11. The molecule has 0 aliphatic carbocycles. The first kappa shape index (κ1) is 11.8. The lowest BCUT2D eigenvalue weighted by atomic mass is 10.0. The van der Waals surface area contributed by atoms with Crippen LogP contribution in [0.25, 0.3) is 11.1 Å². The predicted molar refractivity (Wildman–Crippen MR) is 69.8 cm³/mol. The summed E-state index contributed by atoms with van der Waals surface area (Å²) in [4.78, 5) is 0. The van der Waals surface area contributed by atoms with Crippen LogP contribution in [-0.2, 0) is 0 Å². The topological polar surface area (TPSA) is 29.5 Å². The first-order valence-electron chi connectivity index (χ1n) is 5.25. The van der Waals surface area contributed by atoms with Crippen LogP contribution < -0.4 is 4.74 Å². The molecule has 0 saturated carbocycles. The van der Waals surface area contributed by atoms with Crippen LogP contribution in [0.4, 0.5) is 0 Å². The molecule has 88 valence electrons. The molecule has 2 aromatic rings. The average molecular weight is 249 g/mol. The van der Waals surface area contributed by atoms with E-state index in [0.29, 0.717) is 5.02 Å². The second kappa shape index (κ2) is 4.68. The van der Waals surface area contributed by atoms with Gasteiger partial charge in [0.05, 0.1) is 7.11 Å². The van der Waals surface area contributed by atoms with Gasteiger partial charge in [-0.05, 0) is 48.4 Å². The van der Waals surface area contributed by atoms with Crippen LogP contribution in [0.2, 0.25) is 5.02 Å². The van der Waals surface area contributed by atoms with E-state index in [4.69, 9.17) is 16.3 Å². The third-order valence-electron chi connectivity index (χ3n) is 2.67. The molecule has 0 aliphatic rings. The maximum absolute atomic E-state index is 9.51. The van der Waals surface area contributed by atoms with Crippen LogP contribution in [0.15, 0.2) is 36.4 Å². The molecule has 2 nitrogen and oxygen atoms in total. The van der Waals surface area contributed by atoms with Crippen molar-refractivity contribution in [2.24, 2.45) is 0 Å². The molecule has 0 aromatic heterocycles. The van der Waals surface area contributed by atoms with Gasteiger partial charge < -0.3 is 9.84 Å². The van der Waals surface area contributed by atoms with Gasteiger partial charge in [-0.2, -0.15) is 0 Å². The zero-order valence-electron chi connectivity index (χ0n) is 9.70. The molecular formula is C14H13ClO2. The molecule has 3 heteroatoms. The molecule has 0 saturated heterocycles. The van der Waals surface area contributed by atoms with Gasteiger partial charge in [-0.15, -0.1) is 0 Å². The van der Waals surface area contributed by atoms with Crippen molar-refractivity contribution in [3.63, 3.8) is 0 Å². The molecule has 0 heterocycles. The Kier molecular flexibility index (Phi) is 3.25. The highest BCUT2D eigenvalue weighted by Gasteiger charge is 2.08. The minimum absolute atomic E-state index is 0.287. The van der Waals surface area contributed by atoms with Crippen LogP contribution in [-0.4, -0.2) is 12.2 Å². The fraction of sp³-hybridized carbons (Fsp3) is 0.143. The number of hydrogen-bond donors (Lipinski definition) is 1. The zero-order chi connectivity index (χ0) is 12.4. The molecule has 1 N–H and O–H groups in total. The Morgan fingerprint density at radius 1 is 1.12 bits per heavy atom. The Morgan fingerprint density at radius 3 is 2.53 bits per heavy atom. The summed E-state index contributed by atoms with van der Waals surface area (Å²) in [5.74, 6) is 1.05. The van der Waals surface area contributed by atoms with Crippen molar-refractivity contribution in [3.8, 4) is 22.6 Å². The lowest BCUT2D eigenvalue weighted by Crippen LogP contribution is -1.88. The summed E-state index contributed by atoms with van der Waals surface area (Å²) in [6.45, 7) is 1.86. The van der Waals surface area contributed by atoms with Crippen molar-refractivity contribution >= 4 is 11.6 Å². The van der Waals surface area contributed by atoms with Crippen molar-refractivity contribution in [2.75, 3.05) is 7.11 Å². The normalized spacial score (nSPS) is 10.3. The maximum Gasteiger partial charge on any atom is 0.126 e.